The van der Waals surface area contributed by atoms with Crippen molar-refractivity contribution in [2.45, 2.75) is 27.2 Å². The van der Waals surface area contributed by atoms with Crippen LogP contribution in [-0.4, -0.2) is 29.3 Å². The molecule has 0 saturated carbocycles. The number of imidazole rings is 1. The fourth-order valence-corrected chi connectivity index (χ4v) is 2.25. The van der Waals surface area contributed by atoms with Gasteiger partial charge in [-0.25, -0.2) is 4.98 Å². The molecular formula is C16H23N3O. The maximum absolute atomic E-state index is 5.33. The third-order valence-corrected chi connectivity index (χ3v) is 3.08. The zero-order chi connectivity index (χ0) is 14.4. The molecule has 0 aliphatic rings. The van der Waals surface area contributed by atoms with Crippen LogP contribution in [0, 0.1) is 13.8 Å². The summed E-state index contributed by atoms with van der Waals surface area (Å²) in [5.74, 6) is 0.881. The summed E-state index contributed by atoms with van der Waals surface area (Å²) in [5.41, 5.74) is 3.67. The van der Waals surface area contributed by atoms with E-state index in [9.17, 15) is 0 Å². The highest BCUT2D eigenvalue weighted by atomic mass is 16.5. The molecule has 20 heavy (non-hydrogen) atoms. The highest BCUT2D eigenvalue weighted by Crippen LogP contribution is 2.17. The van der Waals surface area contributed by atoms with E-state index in [-0.39, 0.29) is 0 Å². The van der Waals surface area contributed by atoms with Crippen LogP contribution < -0.4 is 5.32 Å². The Hall–Kier alpha value is -1.81. The lowest BCUT2D eigenvalue weighted by Gasteiger charge is -2.11. The largest absolute Gasteiger partial charge is 0.382 e. The van der Waals surface area contributed by atoms with Gasteiger partial charge in [0.15, 0.2) is 0 Å². The van der Waals surface area contributed by atoms with Gasteiger partial charge in [0.05, 0.1) is 0 Å². The number of aromatic nitrogens is 2. The molecule has 0 spiro atoms. The smallest absolute Gasteiger partial charge is 0.207 e. The number of hydrogen-bond acceptors (Lipinski definition) is 3. The molecule has 1 aromatic carbocycles. The summed E-state index contributed by atoms with van der Waals surface area (Å²) in [4.78, 5) is 4.38. The van der Waals surface area contributed by atoms with E-state index in [2.05, 4.69) is 46.9 Å². The van der Waals surface area contributed by atoms with Gasteiger partial charge in [-0.15, -0.1) is 0 Å². The van der Waals surface area contributed by atoms with Crippen molar-refractivity contribution in [2.24, 2.45) is 0 Å². The number of rotatable bonds is 7. The Morgan fingerprint density at radius 3 is 2.65 bits per heavy atom. The molecule has 108 valence electrons. The summed E-state index contributed by atoms with van der Waals surface area (Å²) in [6.07, 6.45) is 4.79. The van der Waals surface area contributed by atoms with Gasteiger partial charge < -0.3 is 10.1 Å². The molecule has 0 fully saturated rings. The van der Waals surface area contributed by atoms with Crippen LogP contribution in [0.2, 0.25) is 0 Å². The van der Waals surface area contributed by atoms with E-state index in [1.54, 1.807) is 0 Å². The van der Waals surface area contributed by atoms with Crippen molar-refractivity contribution in [1.82, 2.24) is 9.55 Å². The fraction of sp³-hybridized carbons (Fsp3) is 0.438. The van der Waals surface area contributed by atoms with Gasteiger partial charge in [-0.05, 0) is 50.5 Å². The quantitative estimate of drug-likeness (QED) is 0.786. The second-order valence-electron chi connectivity index (χ2n) is 4.94. The fourth-order valence-electron chi connectivity index (χ4n) is 2.25. The molecule has 0 atom stereocenters. The van der Waals surface area contributed by atoms with Crippen LogP contribution in [-0.2, 0) is 4.74 Å². The zero-order valence-corrected chi connectivity index (χ0v) is 12.5. The molecule has 0 aliphatic heterocycles. The lowest BCUT2D eigenvalue weighted by atomic mass is 10.1. The van der Waals surface area contributed by atoms with Crippen LogP contribution in [0.3, 0.4) is 0 Å². The molecule has 1 N–H and O–H groups in total. The Bertz CT molecular complexity index is 528. The molecule has 0 saturated heterocycles. The second-order valence-corrected chi connectivity index (χ2v) is 4.94. The van der Waals surface area contributed by atoms with Crippen LogP contribution in [0.25, 0.3) is 5.69 Å². The summed E-state index contributed by atoms with van der Waals surface area (Å²) in [6, 6.07) is 6.51. The highest BCUT2D eigenvalue weighted by Gasteiger charge is 2.05. The number of nitrogens with one attached hydrogen (secondary N) is 1. The van der Waals surface area contributed by atoms with Crippen LogP contribution >= 0.6 is 0 Å². The van der Waals surface area contributed by atoms with Gasteiger partial charge in [0, 0.05) is 37.8 Å². The number of benzene rings is 1. The minimum atomic E-state index is 0.775. The van der Waals surface area contributed by atoms with Gasteiger partial charge in [0.25, 0.3) is 0 Å². The van der Waals surface area contributed by atoms with E-state index in [0.717, 1.165) is 37.8 Å². The maximum Gasteiger partial charge on any atom is 0.207 e. The second kappa shape index (κ2) is 7.10. The van der Waals surface area contributed by atoms with Crippen molar-refractivity contribution in [3.8, 4) is 5.69 Å². The van der Waals surface area contributed by atoms with Crippen molar-refractivity contribution in [3.63, 3.8) is 0 Å². The Labute approximate surface area is 120 Å². The zero-order valence-electron chi connectivity index (χ0n) is 12.5. The first-order chi connectivity index (χ1) is 9.70. The Balaban J connectivity index is 2.04. The van der Waals surface area contributed by atoms with Gasteiger partial charge in [-0.3, -0.25) is 4.57 Å². The van der Waals surface area contributed by atoms with Crippen molar-refractivity contribution < 1.29 is 4.74 Å². The topological polar surface area (TPSA) is 39.1 Å². The van der Waals surface area contributed by atoms with Gasteiger partial charge in [-0.1, -0.05) is 6.07 Å². The molecule has 0 aliphatic carbocycles. The SMILES string of the molecule is CCOCCCNc1nccn1-c1cc(C)cc(C)c1. The summed E-state index contributed by atoms with van der Waals surface area (Å²) < 4.78 is 7.42. The molecule has 0 bridgehead atoms. The molecule has 2 aromatic rings. The van der Waals surface area contributed by atoms with E-state index in [4.69, 9.17) is 4.74 Å². The average Bonchev–Trinajstić information content (AvgIpc) is 2.86. The number of anilines is 1. The number of ether oxygens (including phenoxy) is 1. The monoisotopic (exact) mass is 273 g/mol. The van der Waals surface area contributed by atoms with E-state index in [0.29, 0.717) is 0 Å². The van der Waals surface area contributed by atoms with Gasteiger partial charge in [0.1, 0.15) is 0 Å². The normalized spacial score (nSPS) is 10.8. The van der Waals surface area contributed by atoms with Crippen LogP contribution in [0.1, 0.15) is 24.5 Å². The minimum Gasteiger partial charge on any atom is -0.382 e. The van der Waals surface area contributed by atoms with E-state index >= 15 is 0 Å². The van der Waals surface area contributed by atoms with Crippen molar-refractivity contribution in [1.29, 1.82) is 0 Å². The summed E-state index contributed by atoms with van der Waals surface area (Å²) in [7, 11) is 0. The number of hydrogen-bond donors (Lipinski definition) is 1. The van der Waals surface area contributed by atoms with Gasteiger partial charge in [0.2, 0.25) is 5.95 Å². The molecule has 0 amide bonds. The molecule has 0 radical (unpaired) electrons. The maximum atomic E-state index is 5.33. The molecule has 1 heterocycles. The Kier molecular flexibility index (Phi) is 5.18. The predicted octanol–water partition coefficient (Wildman–Crippen LogP) is 3.33. The van der Waals surface area contributed by atoms with Gasteiger partial charge in [-0.2, -0.15) is 0 Å². The Morgan fingerprint density at radius 2 is 1.95 bits per heavy atom. The molecule has 2 rings (SSSR count). The minimum absolute atomic E-state index is 0.775. The standard InChI is InChI=1S/C16H23N3O/c1-4-20-9-5-6-17-16-18-7-8-19(16)15-11-13(2)10-14(3)12-15/h7-8,10-12H,4-6,9H2,1-3H3,(H,17,18). The number of aryl methyl sites for hydroxylation is 2. The first kappa shape index (κ1) is 14.6. The Morgan fingerprint density at radius 1 is 1.20 bits per heavy atom. The van der Waals surface area contributed by atoms with E-state index in [1.807, 2.05) is 19.3 Å². The molecule has 1 aromatic heterocycles. The van der Waals surface area contributed by atoms with Crippen LogP contribution in [0.4, 0.5) is 5.95 Å². The predicted molar refractivity (Wildman–Crippen MR) is 82.6 cm³/mol. The molecule has 4 heteroatoms. The average molecular weight is 273 g/mol. The van der Waals surface area contributed by atoms with Crippen LogP contribution in [0.15, 0.2) is 30.6 Å². The van der Waals surface area contributed by atoms with Crippen LogP contribution in [0.5, 0.6) is 0 Å². The van der Waals surface area contributed by atoms with E-state index < -0.39 is 0 Å². The van der Waals surface area contributed by atoms with E-state index in [1.165, 1.54) is 11.1 Å². The highest BCUT2D eigenvalue weighted by molar-refractivity contribution is 5.45. The first-order valence-electron chi connectivity index (χ1n) is 7.14. The van der Waals surface area contributed by atoms with Crippen molar-refractivity contribution >= 4 is 5.95 Å². The third-order valence-electron chi connectivity index (χ3n) is 3.08. The molecule has 4 nitrogen and oxygen atoms in total. The molecular weight excluding hydrogens is 250 g/mol. The summed E-state index contributed by atoms with van der Waals surface area (Å²) in [6.45, 7) is 8.66. The summed E-state index contributed by atoms with van der Waals surface area (Å²) in [5, 5.41) is 3.36. The summed E-state index contributed by atoms with van der Waals surface area (Å²) >= 11 is 0. The first-order valence-corrected chi connectivity index (χ1v) is 7.14. The van der Waals surface area contributed by atoms with Crippen molar-refractivity contribution in [2.75, 3.05) is 25.1 Å². The number of nitrogens with zero attached hydrogens (tertiary/aromatic N) is 2. The molecule has 0 unspecified atom stereocenters. The van der Waals surface area contributed by atoms with Crippen molar-refractivity contribution in [3.05, 3.63) is 41.7 Å². The lowest BCUT2D eigenvalue weighted by molar-refractivity contribution is 0.147. The third kappa shape index (κ3) is 3.84. The van der Waals surface area contributed by atoms with Gasteiger partial charge >= 0.3 is 0 Å². The lowest BCUT2D eigenvalue weighted by Crippen LogP contribution is -2.10.